The quantitative estimate of drug-likeness (QED) is 0.717. The second kappa shape index (κ2) is 8.55. The van der Waals surface area contributed by atoms with E-state index in [1.807, 2.05) is 13.8 Å². The third-order valence-electron chi connectivity index (χ3n) is 5.92. The van der Waals surface area contributed by atoms with Crippen LogP contribution in [-0.4, -0.2) is 35.2 Å². The molecule has 27 heavy (non-hydrogen) atoms. The minimum absolute atomic E-state index is 0.0411. The molecule has 1 aromatic carbocycles. The molecule has 1 atom stereocenters. The van der Waals surface area contributed by atoms with Crippen molar-refractivity contribution in [2.45, 2.75) is 65.0 Å². The maximum Gasteiger partial charge on any atom is 0.257 e. The van der Waals surface area contributed by atoms with Crippen LogP contribution in [0, 0.1) is 23.5 Å². The average Bonchev–Trinajstić information content (AvgIpc) is 2.93. The molecular weight excluding hydrogens is 352 g/mol. The van der Waals surface area contributed by atoms with Gasteiger partial charge in [-0.05, 0) is 62.5 Å². The molecule has 1 saturated carbocycles. The number of rotatable bonds is 7. The Hall–Kier alpha value is -1.69. The fourth-order valence-electron chi connectivity index (χ4n) is 4.20. The van der Waals surface area contributed by atoms with Crippen LogP contribution < -0.4 is 4.74 Å². The summed E-state index contributed by atoms with van der Waals surface area (Å²) in [6.07, 6.45) is 5.02. The van der Waals surface area contributed by atoms with Gasteiger partial charge >= 0.3 is 0 Å². The van der Waals surface area contributed by atoms with Gasteiger partial charge in [0.05, 0.1) is 18.3 Å². The Balaban J connectivity index is 1.67. The lowest BCUT2D eigenvalue weighted by Crippen LogP contribution is -2.33. The molecule has 1 aliphatic heterocycles. The Morgan fingerprint density at radius 1 is 1.30 bits per heavy atom. The molecule has 1 N–H and O–H groups in total. The lowest BCUT2D eigenvalue weighted by Gasteiger charge is -2.32. The Morgan fingerprint density at radius 2 is 2.00 bits per heavy atom. The third kappa shape index (κ3) is 4.26. The second-order valence-electron chi connectivity index (χ2n) is 7.94. The molecule has 6 heteroatoms. The van der Waals surface area contributed by atoms with Crippen molar-refractivity contribution < 1.29 is 23.4 Å². The summed E-state index contributed by atoms with van der Waals surface area (Å²) in [6, 6.07) is 1.24. The lowest BCUT2D eigenvalue weighted by atomic mass is 9.79. The normalized spacial score (nSPS) is 23.4. The van der Waals surface area contributed by atoms with Crippen LogP contribution in [0.4, 0.5) is 8.78 Å². The van der Waals surface area contributed by atoms with Crippen molar-refractivity contribution in [3.8, 4) is 5.75 Å². The molecule has 4 nitrogen and oxygen atoms in total. The van der Waals surface area contributed by atoms with Gasteiger partial charge in [0.1, 0.15) is 0 Å². The van der Waals surface area contributed by atoms with Crippen molar-refractivity contribution in [2.75, 3.05) is 13.2 Å². The largest absolute Gasteiger partial charge is 0.488 e. The number of halogens is 2. The number of fused-ring (bicyclic) bond motifs is 1. The minimum atomic E-state index is -0.869. The maximum absolute atomic E-state index is 14.8. The van der Waals surface area contributed by atoms with Gasteiger partial charge in [0, 0.05) is 13.1 Å². The number of carbonyl (C=O) groups is 1. The van der Waals surface area contributed by atoms with Gasteiger partial charge in [0.2, 0.25) is 0 Å². The van der Waals surface area contributed by atoms with E-state index in [-0.39, 0.29) is 30.7 Å². The molecule has 1 heterocycles. The van der Waals surface area contributed by atoms with E-state index in [9.17, 15) is 18.7 Å². The lowest BCUT2D eigenvalue weighted by molar-refractivity contribution is 0.0645. The standard InChI is InChI=1S/C21H29F2NO3/c1-3-4-9-27-20-17(22)10-16-12-24(21(26)18(16)19(20)23)11-14-5-7-15(8-6-14)13(2)25/h10,13-15,25H,3-9,11-12H2,1-2H3. The van der Waals surface area contributed by atoms with Crippen LogP contribution in [-0.2, 0) is 6.54 Å². The first kappa shape index (κ1) is 20.1. The molecular formula is C21H29F2NO3. The van der Waals surface area contributed by atoms with Gasteiger partial charge in [-0.2, -0.15) is 0 Å². The summed E-state index contributed by atoms with van der Waals surface area (Å²) >= 11 is 0. The zero-order chi connectivity index (χ0) is 19.6. The van der Waals surface area contributed by atoms with Crippen molar-refractivity contribution in [2.24, 2.45) is 11.8 Å². The first-order chi connectivity index (χ1) is 12.9. The zero-order valence-electron chi connectivity index (χ0n) is 16.1. The number of carbonyl (C=O) groups excluding carboxylic acids is 1. The van der Waals surface area contributed by atoms with Crippen LogP contribution in [0.15, 0.2) is 6.07 Å². The van der Waals surface area contributed by atoms with Crippen molar-refractivity contribution in [1.82, 2.24) is 4.90 Å². The molecule has 2 aliphatic rings. The smallest absolute Gasteiger partial charge is 0.257 e. The van der Waals surface area contributed by atoms with E-state index in [0.717, 1.165) is 32.1 Å². The summed E-state index contributed by atoms with van der Waals surface area (Å²) in [5, 5.41) is 9.71. The Morgan fingerprint density at radius 3 is 2.63 bits per heavy atom. The summed E-state index contributed by atoms with van der Waals surface area (Å²) < 4.78 is 34.3. The molecule has 1 unspecified atom stereocenters. The van der Waals surface area contributed by atoms with Gasteiger partial charge in [0.25, 0.3) is 5.91 Å². The van der Waals surface area contributed by atoms with Crippen LogP contribution >= 0.6 is 0 Å². The van der Waals surface area contributed by atoms with Gasteiger partial charge in [-0.3, -0.25) is 4.79 Å². The van der Waals surface area contributed by atoms with E-state index >= 15 is 0 Å². The molecule has 1 fully saturated rings. The number of amides is 1. The number of hydrogen-bond acceptors (Lipinski definition) is 3. The number of unbranched alkanes of at least 4 members (excludes halogenated alkanes) is 1. The summed E-state index contributed by atoms with van der Waals surface area (Å²) in [7, 11) is 0. The zero-order valence-corrected chi connectivity index (χ0v) is 16.1. The first-order valence-corrected chi connectivity index (χ1v) is 10.0. The average molecular weight is 381 g/mol. The number of aliphatic hydroxyl groups is 1. The monoisotopic (exact) mass is 381 g/mol. The van der Waals surface area contributed by atoms with Gasteiger partial charge in [-0.15, -0.1) is 0 Å². The molecule has 0 spiro atoms. The van der Waals surface area contributed by atoms with Gasteiger partial charge < -0.3 is 14.7 Å². The third-order valence-corrected chi connectivity index (χ3v) is 5.92. The molecule has 150 valence electrons. The highest BCUT2D eigenvalue weighted by molar-refractivity contribution is 5.99. The fourth-order valence-corrected chi connectivity index (χ4v) is 4.20. The highest BCUT2D eigenvalue weighted by atomic mass is 19.1. The summed E-state index contributed by atoms with van der Waals surface area (Å²) in [4.78, 5) is 14.3. The number of aliphatic hydroxyl groups excluding tert-OH is 1. The predicted octanol–water partition coefficient (Wildman–Crippen LogP) is 4.29. The molecule has 1 aliphatic carbocycles. The van der Waals surface area contributed by atoms with Crippen LogP contribution in [0.1, 0.15) is 68.3 Å². The summed E-state index contributed by atoms with van der Waals surface area (Å²) in [5.74, 6) is -1.76. The highest BCUT2D eigenvalue weighted by Gasteiger charge is 2.36. The van der Waals surface area contributed by atoms with E-state index in [4.69, 9.17) is 4.74 Å². The molecule has 1 amide bonds. The Labute approximate surface area is 159 Å². The second-order valence-corrected chi connectivity index (χ2v) is 7.94. The highest BCUT2D eigenvalue weighted by Crippen LogP contribution is 2.36. The van der Waals surface area contributed by atoms with Gasteiger partial charge in [-0.25, -0.2) is 8.78 Å². The Bertz CT molecular complexity index is 684. The number of ether oxygens (including phenoxy) is 1. The molecule has 0 bridgehead atoms. The van der Waals surface area contributed by atoms with Crippen molar-refractivity contribution in [3.05, 3.63) is 28.8 Å². The molecule has 0 radical (unpaired) electrons. The maximum atomic E-state index is 14.8. The van der Waals surface area contributed by atoms with Gasteiger partial charge in [0.15, 0.2) is 17.4 Å². The van der Waals surface area contributed by atoms with Crippen LogP contribution in [0.3, 0.4) is 0 Å². The summed E-state index contributed by atoms with van der Waals surface area (Å²) in [6.45, 7) is 4.81. The first-order valence-electron chi connectivity index (χ1n) is 10.0. The van der Waals surface area contributed by atoms with Crippen molar-refractivity contribution in [3.63, 3.8) is 0 Å². The van der Waals surface area contributed by atoms with Crippen LogP contribution in [0.2, 0.25) is 0 Å². The molecule has 0 saturated heterocycles. The summed E-state index contributed by atoms with van der Waals surface area (Å²) in [5.41, 5.74) is 0.357. The topological polar surface area (TPSA) is 49.8 Å². The van der Waals surface area contributed by atoms with E-state index in [1.54, 1.807) is 4.90 Å². The van der Waals surface area contributed by atoms with Crippen molar-refractivity contribution in [1.29, 1.82) is 0 Å². The van der Waals surface area contributed by atoms with Crippen LogP contribution in [0.25, 0.3) is 0 Å². The number of nitrogens with zero attached hydrogens (tertiary/aromatic N) is 1. The molecule has 3 rings (SSSR count). The SMILES string of the molecule is CCCCOc1c(F)cc2c(c1F)C(=O)N(CC1CCC(C(C)O)CC1)C2. The van der Waals surface area contributed by atoms with Crippen LogP contribution in [0.5, 0.6) is 5.75 Å². The minimum Gasteiger partial charge on any atom is -0.488 e. The molecule has 0 aromatic heterocycles. The van der Waals surface area contributed by atoms with E-state index < -0.39 is 17.4 Å². The van der Waals surface area contributed by atoms with Gasteiger partial charge in [-0.1, -0.05) is 13.3 Å². The number of benzene rings is 1. The van der Waals surface area contributed by atoms with Crippen molar-refractivity contribution >= 4 is 5.91 Å². The Kier molecular flexibility index (Phi) is 6.35. The van der Waals surface area contributed by atoms with E-state index in [2.05, 4.69) is 0 Å². The fraction of sp³-hybridized carbons (Fsp3) is 0.667. The molecule has 1 aromatic rings. The van der Waals surface area contributed by atoms with E-state index in [0.29, 0.717) is 30.4 Å². The number of hydrogen-bond donors (Lipinski definition) is 1. The van der Waals surface area contributed by atoms with E-state index in [1.165, 1.54) is 6.07 Å². The predicted molar refractivity (Wildman–Crippen MR) is 98.6 cm³/mol.